The minimum Gasteiger partial charge on any atom is -0.344 e. The summed E-state index contributed by atoms with van der Waals surface area (Å²) in [7, 11) is 0. The highest BCUT2D eigenvalue weighted by Crippen LogP contribution is 2.56. The lowest BCUT2D eigenvalue weighted by atomic mass is 9.90. The first-order valence-corrected chi connectivity index (χ1v) is 10.1. The van der Waals surface area contributed by atoms with Gasteiger partial charge in [0.1, 0.15) is 17.7 Å². The van der Waals surface area contributed by atoms with Crippen LogP contribution in [0.25, 0.3) is 0 Å². The SMILES string of the molecule is CCCSc1nc(Cl)c([N+](=O)[O-])c(C23CC(C(=O)N2)C2OC(C)(C)OC23)n1. The number of ether oxygens (including phenoxy) is 2. The van der Waals surface area contributed by atoms with Crippen molar-refractivity contribution < 1.29 is 19.2 Å². The summed E-state index contributed by atoms with van der Waals surface area (Å²) in [5.74, 6) is -0.813. The van der Waals surface area contributed by atoms with Crippen LogP contribution in [0.1, 0.15) is 39.3 Å². The number of carbonyl (C=O) groups excluding carboxylic acids is 1. The summed E-state index contributed by atoms with van der Waals surface area (Å²) in [6.45, 7) is 5.52. The second kappa shape index (κ2) is 6.26. The van der Waals surface area contributed by atoms with E-state index in [2.05, 4.69) is 15.3 Å². The van der Waals surface area contributed by atoms with Crippen LogP contribution >= 0.6 is 23.4 Å². The monoisotopic (exact) mass is 414 g/mol. The highest BCUT2D eigenvalue weighted by molar-refractivity contribution is 7.99. The number of fused-ring (bicyclic) bond motifs is 5. The van der Waals surface area contributed by atoms with E-state index >= 15 is 0 Å². The molecule has 2 aliphatic heterocycles. The van der Waals surface area contributed by atoms with Gasteiger partial charge in [-0.25, -0.2) is 9.97 Å². The summed E-state index contributed by atoms with van der Waals surface area (Å²) in [5.41, 5.74) is -1.46. The minimum atomic E-state index is -1.16. The summed E-state index contributed by atoms with van der Waals surface area (Å²) in [6.07, 6.45) is 0.138. The quantitative estimate of drug-likeness (QED) is 0.256. The van der Waals surface area contributed by atoms with E-state index in [1.54, 1.807) is 13.8 Å². The average molecular weight is 415 g/mol. The van der Waals surface area contributed by atoms with Crippen molar-refractivity contribution in [1.29, 1.82) is 0 Å². The van der Waals surface area contributed by atoms with E-state index in [1.165, 1.54) is 11.8 Å². The van der Waals surface area contributed by atoms with Gasteiger partial charge in [-0.3, -0.25) is 14.9 Å². The average Bonchev–Trinajstić information content (AvgIpc) is 3.17. The Morgan fingerprint density at radius 1 is 1.41 bits per heavy atom. The maximum atomic E-state index is 12.5. The molecule has 146 valence electrons. The van der Waals surface area contributed by atoms with Gasteiger partial charge in [0, 0.05) is 5.75 Å². The van der Waals surface area contributed by atoms with Gasteiger partial charge < -0.3 is 14.8 Å². The van der Waals surface area contributed by atoms with Gasteiger partial charge in [-0.2, -0.15) is 0 Å². The van der Waals surface area contributed by atoms with Gasteiger partial charge in [0.15, 0.2) is 16.6 Å². The van der Waals surface area contributed by atoms with Gasteiger partial charge in [-0.15, -0.1) is 0 Å². The molecule has 2 saturated heterocycles. The summed E-state index contributed by atoms with van der Waals surface area (Å²) < 4.78 is 12.0. The molecule has 1 N–H and O–H groups in total. The Morgan fingerprint density at radius 2 is 2.15 bits per heavy atom. The zero-order chi connectivity index (χ0) is 19.6. The molecule has 1 aliphatic carbocycles. The van der Waals surface area contributed by atoms with Crippen molar-refractivity contribution in [3.63, 3.8) is 0 Å². The lowest BCUT2D eigenvalue weighted by molar-refractivity contribution is -0.386. The third kappa shape index (κ3) is 2.81. The van der Waals surface area contributed by atoms with Crippen molar-refractivity contribution in [1.82, 2.24) is 15.3 Å². The molecule has 4 rings (SSSR count). The Kier molecular flexibility index (Phi) is 4.37. The topological polar surface area (TPSA) is 116 Å². The zero-order valence-corrected chi connectivity index (χ0v) is 16.6. The number of aromatic nitrogens is 2. The third-order valence-corrected chi connectivity index (χ3v) is 6.41. The number of halogens is 1. The summed E-state index contributed by atoms with van der Waals surface area (Å²) in [5, 5.41) is 14.7. The molecule has 0 spiro atoms. The van der Waals surface area contributed by atoms with Crippen LogP contribution in [0.5, 0.6) is 0 Å². The Bertz CT molecular complexity index is 837. The molecule has 4 atom stereocenters. The van der Waals surface area contributed by atoms with E-state index in [-0.39, 0.29) is 16.8 Å². The van der Waals surface area contributed by atoms with E-state index in [0.29, 0.717) is 11.6 Å². The number of piperidine rings is 1. The number of nitro groups is 1. The molecular weight excluding hydrogens is 396 g/mol. The van der Waals surface area contributed by atoms with Gasteiger partial charge >= 0.3 is 5.69 Å². The highest BCUT2D eigenvalue weighted by Gasteiger charge is 2.71. The second-order valence-corrected chi connectivity index (χ2v) is 8.81. The fourth-order valence-corrected chi connectivity index (χ4v) is 5.14. The number of amides is 1. The molecule has 2 bridgehead atoms. The minimum absolute atomic E-state index is 0.0933. The summed E-state index contributed by atoms with van der Waals surface area (Å²) >= 11 is 7.53. The molecule has 0 radical (unpaired) electrons. The summed E-state index contributed by atoms with van der Waals surface area (Å²) in [4.78, 5) is 32.2. The molecule has 3 aliphatic rings. The van der Waals surface area contributed by atoms with Crippen LogP contribution in [0, 0.1) is 16.0 Å². The van der Waals surface area contributed by atoms with Gasteiger partial charge in [-0.1, -0.05) is 30.3 Å². The molecule has 3 heterocycles. The molecular formula is C16H19ClN4O5S. The molecule has 1 saturated carbocycles. The van der Waals surface area contributed by atoms with E-state index in [4.69, 9.17) is 21.1 Å². The predicted molar refractivity (Wildman–Crippen MR) is 96.5 cm³/mol. The second-order valence-electron chi connectivity index (χ2n) is 7.39. The molecule has 4 unspecified atom stereocenters. The van der Waals surface area contributed by atoms with Gasteiger partial charge in [-0.05, 0) is 26.7 Å². The first-order chi connectivity index (χ1) is 12.7. The lowest BCUT2D eigenvalue weighted by Gasteiger charge is -2.34. The van der Waals surface area contributed by atoms with Crippen molar-refractivity contribution in [3.8, 4) is 0 Å². The number of nitrogens with zero attached hydrogens (tertiary/aromatic N) is 3. The number of thioether (sulfide) groups is 1. The Morgan fingerprint density at radius 3 is 2.81 bits per heavy atom. The zero-order valence-electron chi connectivity index (χ0n) is 15.0. The van der Waals surface area contributed by atoms with Crippen LogP contribution < -0.4 is 5.32 Å². The molecule has 3 fully saturated rings. The van der Waals surface area contributed by atoms with Gasteiger partial charge in [0.2, 0.25) is 11.1 Å². The van der Waals surface area contributed by atoms with Gasteiger partial charge in [0.25, 0.3) is 0 Å². The molecule has 27 heavy (non-hydrogen) atoms. The van der Waals surface area contributed by atoms with Crippen LogP contribution in [0.2, 0.25) is 5.15 Å². The normalized spacial score (nSPS) is 33.2. The summed E-state index contributed by atoms with van der Waals surface area (Å²) in [6, 6.07) is 0. The molecule has 0 aromatic carbocycles. The van der Waals surface area contributed by atoms with E-state index in [9.17, 15) is 14.9 Å². The fraction of sp³-hybridized carbons (Fsp3) is 0.688. The Balaban J connectivity index is 1.87. The van der Waals surface area contributed by atoms with Crippen LogP contribution in [-0.4, -0.2) is 44.5 Å². The van der Waals surface area contributed by atoms with Crippen molar-refractivity contribution in [2.75, 3.05) is 5.75 Å². The van der Waals surface area contributed by atoms with Crippen LogP contribution in [-0.2, 0) is 19.8 Å². The van der Waals surface area contributed by atoms with Crippen molar-refractivity contribution in [3.05, 3.63) is 21.0 Å². The molecule has 1 aromatic heterocycles. The fourth-order valence-electron chi connectivity index (χ4n) is 4.15. The molecule has 9 nitrogen and oxygen atoms in total. The lowest BCUT2D eigenvalue weighted by Crippen LogP contribution is -2.55. The maximum Gasteiger partial charge on any atom is 0.330 e. The van der Waals surface area contributed by atoms with Crippen molar-refractivity contribution in [2.24, 2.45) is 5.92 Å². The van der Waals surface area contributed by atoms with Crippen LogP contribution in [0.15, 0.2) is 5.16 Å². The Labute approximate surface area is 164 Å². The molecule has 1 aromatic rings. The molecule has 1 amide bonds. The number of rotatable bonds is 5. The number of nitrogens with one attached hydrogen (secondary N) is 1. The van der Waals surface area contributed by atoms with E-state index in [1.807, 2.05) is 6.92 Å². The standard InChI is InChI=1S/C16H19ClN4O5S/c1-4-5-27-14-18-10(8(21(23)24)12(17)19-14)16-6-7(13(22)20-16)9-11(16)26-15(2,3)25-9/h7,9,11H,4-6H2,1-3H3,(H,20,22). The number of hydrogen-bond donors (Lipinski definition) is 1. The first-order valence-electron chi connectivity index (χ1n) is 8.71. The van der Waals surface area contributed by atoms with Gasteiger partial charge in [0.05, 0.1) is 10.8 Å². The third-order valence-electron chi connectivity index (χ3n) is 5.10. The van der Waals surface area contributed by atoms with E-state index < -0.39 is 40.1 Å². The van der Waals surface area contributed by atoms with Crippen LogP contribution in [0.4, 0.5) is 5.69 Å². The van der Waals surface area contributed by atoms with Crippen molar-refractivity contribution >= 4 is 35.0 Å². The number of carbonyl (C=O) groups is 1. The predicted octanol–water partition coefficient (Wildman–Crippen LogP) is 2.41. The van der Waals surface area contributed by atoms with E-state index in [0.717, 1.165) is 12.2 Å². The molecule has 11 heteroatoms. The number of hydrogen-bond acceptors (Lipinski definition) is 8. The first kappa shape index (κ1) is 18.9. The maximum absolute atomic E-state index is 12.5. The smallest absolute Gasteiger partial charge is 0.330 e. The van der Waals surface area contributed by atoms with Crippen LogP contribution in [0.3, 0.4) is 0 Å². The highest BCUT2D eigenvalue weighted by atomic mass is 35.5. The van der Waals surface area contributed by atoms with Crippen molar-refractivity contribution in [2.45, 2.75) is 62.3 Å². The Hall–Kier alpha value is -1.49. The largest absolute Gasteiger partial charge is 0.344 e.